The number of H-pyrrole nitrogens is 1. The highest BCUT2D eigenvalue weighted by Crippen LogP contribution is 2.29. The summed E-state index contributed by atoms with van der Waals surface area (Å²) in [6.45, 7) is 1.01. The zero-order valence-electron chi connectivity index (χ0n) is 14.5. The van der Waals surface area contributed by atoms with Gasteiger partial charge in [0.25, 0.3) is 5.91 Å². The average Bonchev–Trinajstić information content (AvgIpc) is 3.19. The number of likely N-dealkylation sites (tertiary alicyclic amines) is 1. The monoisotopic (exact) mass is 368 g/mol. The first-order valence-corrected chi connectivity index (χ1v) is 8.83. The van der Waals surface area contributed by atoms with Crippen molar-refractivity contribution in [3.63, 3.8) is 0 Å². The lowest BCUT2D eigenvalue weighted by atomic mass is 9.94. The summed E-state index contributed by atoms with van der Waals surface area (Å²) in [7, 11) is 0. The van der Waals surface area contributed by atoms with E-state index >= 15 is 0 Å². The summed E-state index contributed by atoms with van der Waals surface area (Å²) >= 11 is 0. The topological polar surface area (TPSA) is 61.9 Å². The van der Waals surface area contributed by atoms with E-state index in [1.165, 1.54) is 6.07 Å². The third-order valence-electron chi connectivity index (χ3n) is 4.83. The number of piperidine rings is 1. The fourth-order valence-electron chi connectivity index (χ4n) is 3.44. The van der Waals surface area contributed by atoms with Gasteiger partial charge in [-0.15, -0.1) is 0 Å². The van der Waals surface area contributed by atoms with Crippen LogP contribution in [0.4, 0.5) is 8.78 Å². The molecule has 0 radical (unpaired) electrons. The molecule has 27 heavy (non-hydrogen) atoms. The predicted molar refractivity (Wildman–Crippen MR) is 96.1 cm³/mol. The van der Waals surface area contributed by atoms with Crippen molar-refractivity contribution in [2.24, 2.45) is 0 Å². The Morgan fingerprint density at radius 2 is 2.04 bits per heavy atom. The van der Waals surface area contributed by atoms with Crippen molar-refractivity contribution in [3.8, 4) is 11.4 Å². The lowest BCUT2D eigenvalue weighted by Crippen LogP contribution is -2.39. The molecule has 1 aromatic carbocycles. The van der Waals surface area contributed by atoms with Gasteiger partial charge in [0.1, 0.15) is 17.3 Å². The van der Waals surface area contributed by atoms with E-state index in [0.29, 0.717) is 13.1 Å². The van der Waals surface area contributed by atoms with E-state index < -0.39 is 17.5 Å². The summed E-state index contributed by atoms with van der Waals surface area (Å²) in [5.41, 5.74) is 2.35. The Balaban J connectivity index is 1.51. The van der Waals surface area contributed by atoms with Crippen LogP contribution >= 0.6 is 0 Å². The van der Waals surface area contributed by atoms with Gasteiger partial charge in [0, 0.05) is 37.0 Å². The zero-order chi connectivity index (χ0) is 18.8. The van der Waals surface area contributed by atoms with Crippen molar-refractivity contribution in [2.75, 3.05) is 13.1 Å². The van der Waals surface area contributed by atoms with Crippen molar-refractivity contribution in [1.29, 1.82) is 0 Å². The van der Waals surface area contributed by atoms with Gasteiger partial charge in [0.2, 0.25) is 0 Å². The number of benzene rings is 1. The third-order valence-corrected chi connectivity index (χ3v) is 4.83. The molecule has 1 amide bonds. The summed E-state index contributed by atoms with van der Waals surface area (Å²) in [5, 5.41) is 7.36. The van der Waals surface area contributed by atoms with Gasteiger partial charge >= 0.3 is 0 Å². The molecule has 1 saturated heterocycles. The van der Waals surface area contributed by atoms with Crippen molar-refractivity contribution >= 4 is 5.91 Å². The number of carbonyl (C=O) groups excluding carboxylic acids is 1. The van der Waals surface area contributed by atoms with Gasteiger partial charge < -0.3 is 4.90 Å². The minimum atomic E-state index is -0.832. The summed E-state index contributed by atoms with van der Waals surface area (Å²) < 4.78 is 27.1. The molecule has 3 heterocycles. The van der Waals surface area contributed by atoms with Gasteiger partial charge in [-0.05, 0) is 43.2 Å². The molecule has 4 rings (SSSR count). The molecule has 0 aliphatic carbocycles. The molecule has 1 atom stereocenters. The van der Waals surface area contributed by atoms with Gasteiger partial charge in [0.05, 0.1) is 11.3 Å². The number of hydrogen-bond acceptors (Lipinski definition) is 3. The summed E-state index contributed by atoms with van der Waals surface area (Å²) in [6, 6.07) is 10.6. The molecule has 1 fully saturated rings. The molecule has 2 aromatic heterocycles. The van der Waals surface area contributed by atoms with Gasteiger partial charge in [0.15, 0.2) is 0 Å². The van der Waals surface area contributed by atoms with Gasteiger partial charge in [-0.25, -0.2) is 8.78 Å². The zero-order valence-corrected chi connectivity index (χ0v) is 14.5. The Hall–Kier alpha value is -3.09. The van der Waals surface area contributed by atoms with Crippen molar-refractivity contribution in [1.82, 2.24) is 20.1 Å². The SMILES string of the molecule is O=C(c1ccc(F)cc1F)N1CCC[C@H](c2cc(-c3ccccn3)n[nH]2)C1. The summed E-state index contributed by atoms with van der Waals surface area (Å²) in [4.78, 5) is 18.6. The molecule has 1 aliphatic heterocycles. The average molecular weight is 368 g/mol. The first kappa shape index (κ1) is 17.3. The highest BCUT2D eigenvalue weighted by atomic mass is 19.1. The van der Waals surface area contributed by atoms with E-state index in [9.17, 15) is 13.6 Å². The van der Waals surface area contributed by atoms with E-state index in [0.717, 1.165) is 42.1 Å². The second kappa shape index (κ2) is 7.26. The Kier molecular flexibility index (Phi) is 4.66. The van der Waals surface area contributed by atoms with Crippen LogP contribution in [0.5, 0.6) is 0 Å². The standard InChI is InChI=1S/C20H18F2N4O/c21-14-6-7-15(16(22)10-14)20(27)26-9-3-4-13(12-26)18-11-19(25-24-18)17-5-1-2-8-23-17/h1-2,5-8,10-11,13H,3-4,9,12H2,(H,24,25)/t13-/m0/s1. The Morgan fingerprint density at radius 3 is 2.81 bits per heavy atom. The molecule has 3 aromatic rings. The van der Waals surface area contributed by atoms with Gasteiger partial charge in [-0.3, -0.25) is 14.9 Å². The second-order valence-electron chi connectivity index (χ2n) is 6.64. The maximum absolute atomic E-state index is 14.0. The molecule has 5 nitrogen and oxygen atoms in total. The van der Waals surface area contributed by atoms with E-state index in [1.807, 2.05) is 24.3 Å². The van der Waals surface area contributed by atoms with Crippen molar-refractivity contribution in [2.45, 2.75) is 18.8 Å². The smallest absolute Gasteiger partial charge is 0.256 e. The first-order chi connectivity index (χ1) is 13.1. The number of nitrogens with one attached hydrogen (secondary N) is 1. The van der Waals surface area contributed by atoms with Crippen LogP contribution in [0, 0.1) is 11.6 Å². The molecule has 0 spiro atoms. The molecule has 0 saturated carbocycles. The van der Waals surface area contributed by atoms with Crippen LogP contribution in [-0.2, 0) is 0 Å². The molecule has 7 heteroatoms. The predicted octanol–water partition coefficient (Wildman–Crippen LogP) is 3.77. The molecule has 1 aliphatic rings. The number of aromatic amines is 1. The maximum Gasteiger partial charge on any atom is 0.256 e. The van der Waals surface area contributed by atoms with Crippen LogP contribution in [0.2, 0.25) is 0 Å². The fraction of sp³-hybridized carbons (Fsp3) is 0.250. The highest BCUT2D eigenvalue weighted by molar-refractivity contribution is 5.94. The molecular weight excluding hydrogens is 350 g/mol. The highest BCUT2D eigenvalue weighted by Gasteiger charge is 2.28. The molecule has 138 valence electrons. The normalized spacial score (nSPS) is 17.1. The third kappa shape index (κ3) is 3.58. The van der Waals surface area contributed by atoms with Crippen LogP contribution < -0.4 is 0 Å². The lowest BCUT2D eigenvalue weighted by molar-refractivity contribution is 0.0701. The van der Waals surface area contributed by atoms with Gasteiger partial charge in [-0.1, -0.05) is 6.07 Å². The Labute approximate surface area is 155 Å². The van der Waals surface area contributed by atoms with E-state index in [2.05, 4.69) is 15.2 Å². The number of nitrogens with zero attached hydrogens (tertiary/aromatic N) is 3. The lowest BCUT2D eigenvalue weighted by Gasteiger charge is -2.32. The molecule has 0 bridgehead atoms. The number of carbonyl (C=O) groups is 1. The summed E-state index contributed by atoms with van der Waals surface area (Å²) in [5.74, 6) is -1.86. The maximum atomic E-state index is 14.0. The van der Waals surface area contributed by atoms with Crippen LogP contribution in [0.25, 0.3) is 11.4 Å². The molecule has 1 N–H and O–H groups in total. The van der Waals surface area contributed by atoms with Crippen LogP contribution in [0.1, 0.15) is 34.8 Å². The van der Waals surface area contributed by atoms with Crippen LogP contribution in [-0.4, -0.2) is 39.1 Å². The largest absolute Gasteiger partial charge is 0.338 e. The van der Waals surface area contributed by atoms with Gasteiger partial charge in [-0.2, -0.15) is 5.10 Å². The minimum Gasteiger partial charge on any atom is -0.338 e. The van der Waals surface area contributed by atoms with Crippen molar-refractivity contribution < 1.29 is 13.6 Å². The van der Waals surface area contributed by atoms with Crippen molar-refractivity contribution in [3.05, 3.63) is 71.6 Å². The number of halogens is 2. The summed E-state index contributed by atoms with van der Waals surface area (Å²) in [6.07, 6.45) is 3.42. The van der Waals surface area contributed by atoms with E-state index in [4.69, 9.17) is 0 Å². The van der Waals surface area contributed by atoms with Crippen LogP contribution in [0.3, 0.4) is 0 Å². The number of amides is 1. The number of aromatic nitrogens is 3. The number of hydrogen-bond donors (Lipinski definition) is 1. The quantitative estimate of drug-likeness (QED) is 0.766. The van der Waals surface area contributed by atoms with E-state index in [1.54, 1.807) is 11.1 Å². The molecule has 0 unspecified atom stereocenters. The van der Waals surface area contributed by atoms with E-state index in [-0.39, 0.29) is 11.5 Å². The Morgan fingerprint density at radius 1 is 1.15 bits per heavy atom. The van der Waals surface area contributed by atoms with Crippen LogP contribution in [0.15, 0.2) is 48.7 Å². The second-order valence-corrected chi connectivity index (χ2v) is 6.64. The number of rotatable bonds is 3. The minimum absolute atomic E-state index is 0.0798. The molecular formula is C20H18F2N4O. The first-order valence-electron chi connectivity index (χ1n) is 8.83. The number of pyridine rings is 1. The Bertz CT molecular complexity index is 958. The fourth-order valence-corrected chi connectivity index (χ4v) is 3.44.